The molecule has 4 N–H and O–H groups in total. The van der Waals surface area contributed by atoms with Crippen LogP contribution >= 0.6 is 22.7 Å². The number of thiophene rings is 2. The van der Waals surface area contributed by atoms with Crippen molar-refractivity contribution in [1.29, 1.82) is 0 Å². The summed E-state index contributed by atoms with van der Waals surface area (Å²) in [6.07, 6.45) is 1.85. The standard InChI is InChI=1S/C25H19N7OS2/c26-16-8-7-15(21-6-3-11-34-21)12-19(16)29-25(33)23-10-9-22(35-23)20-13-32(31-30-20)14-24-27-17-4-1-2-5-18(17)28-24/h1-13H,14,26H2,(H,27,28)(H,29,33). The maximum Gasteiger partial charge on any atom is 0.265 e. The van der Waals surface area contributed by atoms with Gasteiger partial charge in [0.05, 0.1) is 38.4 Å². The van der Waals surface area contributed by atoms with Gasteiger partial charge in [0, 0.05) is 4.88 Å². The molecule has 0 aliphatic rings. The molecule has 0 radical (unpaired) electrons. The maximum absolute atomic E-state index is 12.9. The van der Waals surface area contributed by atoms with E-state index in [9.17, 15) is 4.79 Å². The summed E-state index contributed by atoms with van der Waals surface area (Å²) in [5.74, 6) is 0.585. The zero-order chi connectivity index (χ0) is 23.8. The van der Waals surface area contributed by atoms with Crippen LogP contribution in [0.2, 0.25) is 0 Å². The highest BCUT2D eigenvalue weighted by Gasteiger charge is 2.15. The maximum atomic E-state index is 12.9. The Morgan fingerprint density at radius 3 is 2.83 bits per heavy atom. The van der Waals surface area contributed by atoms with Crippen LogP contribution in [0.1, 0.15) is 15.5 Å². The topological polar surface area (TPSA) is 115 Å². The molecule has 0 bridgehead atoms. The number of rotatable bonds is 6. The number of hydrogen-bond donors (Lipinski definition) is 3. The van der Waals surface area contributed by atoms with E-state index in [4.69, 9.17) is 5.73 Å². The van der Waals surface area contributed by atoms with Crippen molar-refractivity contribution in [3.8, 4) is 21.0 Å². The van der Waals surface area contributed by atoms with Crippen LogP contribution in [0, 0.1) is 0 Å². The number of nitrogen functional groups attached to an aromatic ring is 1. The molecule has 0 fully saturated rings. The minimum Gasteiger partial charge on any atom is -0.397 e. The molecule has 0 saturated carbocycles. The Morgan fingerprint density at radius 1 is 1.06 bits per heavy atom. The first-order valence-electron chi connectivity index (χ1n) is 10.8. The van der Waals surface area contributed by atoms with Gasteiger partial charge in [-0.1, -0.05) is 29.5 Å². The quantitative estimate of drug-likeness (QED) is 0.263. The number of para-hydroxylation sites is 2. The molecule has 2 aromatic carbocycles. The molecule has 4 aromatic heterocycles. The first kappa shape index (κ1) is 21.3. The van der Waals surface area contributed by atoms with Crippen LogP contribution in [0.4, 0.5) is 11.4 Å². The normalized spacial score (nSPS) is 11.2. The summed E-state index contributed by atoms with van der Waals surface area (Å²) in [4.78, 5) is 23.3. The monoisotopic (exact) mass is 497 g/mol. The van der Waals surface area contributed by atoms with Gasteiger partial charge in [-0.3, -0.25) is 4.79 Å². The van der Waals surface area contributed by atoms with Crippen LogP contribution in [-0.2, 0) is 6.54 Å². The molecule has 1 amide bonds. The molecule has 0 unspecified atom stereocenters. The number of aromatic nitrogens is 5. The van der Waals surface area contributed by atoms with E-state index in [1.54, 1.807) is 22.1 Å². The van der Waals surface area contributed by atoms with Crippen molar-refractivity contribution in [2.24, 2.45) is 0 Å². The molecule has 0 atom stereocenters. The number of imidazole rings is 1. The second-order valence-corrected chi connectivity index (χ2v) is 9.93. The fourth-order valence-corrected chi connectivity index (χ4v) is 5.34. The van der Waals surface area contributed by atoms with Crippen LogP contribution in [-0.4, -0.2) is 30.9 Å². The molecule has 4 heterocycles. The lowest BCUT2D eigenvalue weighted by molar-refractivity contribution is 0.103. The van der Waals surface area contributed by atoms with Gasteiger partial charge in [0.1, 0.15) is 18.1 Å². The van der Waals surface area contributed by atoms with E-state index in [2.05, 4.69) is 25.6 Å². The average Bonchev–Trinajstić information content (AvgIpc) is 3.66. The molecule has 172 valence electrons. The molecular formula is C25H19N7OS2. The van der Waals surface area contributed by atoms with E-state index in [0.29, 0.717) is 28.5 Å². The largest absolute Gasteiger partial charge is 0.397 e. The number of nitrogens with two attached hydrogens (primary N) is 1. The highest BCUT2D eigenvalue weighted by Crippen LogP contribution is 2.32. The van der Waals surface area contributed by atoms with Crippen molar-refractivity contribution in [2.45, 2.75) is 6.54 Å². The lowest BCUT2D eigenvalue weighted by Crippen LogP contribution is -2.11. The Bertz CT molecular complexity index is 1610. The van der Waals surface area contributed by atoms with Gasteiger partial charge in [0.2, 0.25) is 0 Å². The van der Waals surface area contributed by atoms with Crippen LogP contribution in [0.3, 0.4) is 0 Å². The van der Waals surface area contributed by atoms with Crippen molar-refractivity contribution in [3.05, 3.63) is 89.0 Å². The van der Waals surface area contributed by atoms with Crippen molar-refractivity contribution in [3.63, 3.8) is 0 Å². The number of carbonyl (C=O) groups is 1. The average molecular weight is 498 g/mol. The summed E-state index contributed by atoms with van der Waals surface area (Å²) in [6, 6.07) is 21.2. The fourth-order valence-electron chi connectivity index (χ4n) is 3.76. The summed E-state index contributed by atoms with van der Waals surface area (Å²) < 4.78 is 1.73. The Morgan fingerprint density at radius 2 is 1.97 bits per heavy atom. The van der Waals surface area contributed by atoms with Gasteiger partial charge in [-0.15, -0.1) is 27.8 Å². The Kier molecular flexibility index (Phi) is 5.36. The lowest BCUT2D eigenvalue weighted by atomic mass is 10.1. The van der Waals surface area contributed by atoms with Crippen LogP contribution in [0.25, 0.3) is 32.0 Å². The Labute approximate surface area is 208 Å². The third kappa shape index (κ3) is 4.32. The molecular weight excluding hydrogens is 478 g/mol. The number of anilines is 2. The first-order chi connectivity index (χ1) is 17.1. The van der Waals surface area contributed by atoms with Gasteiger partial charge >= 0.3 is 0 Å². The molecule has 0 saturated heterocycles. The number of H-pyrrole nitrogens is 1. The second kappa shape index (κ2) is 8.82. The summed E-state index contributed by atoms with van der Waals surface area (Å²) in [5.41, 5.74) is 10.8. The van der Waals surface area contributed by atoms with Gasteiger partial charge < -0.3 is 16.0 Å². The van der Waals surface area contributed by atoms with Crippen LogP contribution in [0.15, 0.2) is 78.3 Å². The molecule has 35 heavy (non-hydrogen) atoms. The minimum absolute atomic E-state index is 0.217. The number of amides is 1. The summed E-state index contributed by atoms with van der Waals surface area (Å²) in [6.45, 7) is 0.472. The Hall–Kier alpha value is -4.28. The highest BCUT2D eigenvalue weighted by molar-refractivity contribution is 7.17. The van der Waals surface area contributed by atoms with E-state index in [-0.39, 0.29) is 5.91 Å². The van der Waals surface area contributed by atoms with Crippen molar-refractivity contribution < 1.29 is 4.79 Å². The van der Waals surface area contributed by atoms with Crippen LogP contribution in [0.5, 0.6) is 0 Å². The zero-order valence-electron chi connectivity index (χ0n) is 18.3. The zero-order valence-corrected chi connectivity index (χ0v) is 19.9. The molecule has 0 spiro atoms. The van der Waals surface area contributed by atoms with E-state index < -0.39 is 0 Å². The summed E-state index contributed by atoms with van der Waals surface area (Å²) >= 11 is 2.99. The number of carbonyl (C=O) groups excluding carboxylic acids is 1. The van der Waals surface area contributed by atoms with Gasteiger partial charge in [-0.2, -0.15) is 0 Å². The fraction of sp³-hybridized carbons (Fsp3) is 0.0400. The number of benzene rings is 2. The highest BCUT2D eigenvalue weighted by atomic mass is 32.1. The van der Waals surface area contributed by atoms with E-state index >= 15 is 0 Å². The molecule has 0 aliphatic carbocycles. The van der Waals surface area contributed by atoms with Gasteiger partial charge in [0.25, 0.3) is 5.91 Å². The predicted octanol–water partition coefficient (Wildman–Crippen LogP) is 5.49. The number of hydrogen-bond acceptors (Lipinski definition) is 7. The molecule has 6 aromatic rings. The number of nitrogens with one attached hydrogen (secondary N) is 2. The van der Waals surface area contributed by atoms with Crippen LogP contribution < -0.4 is 11.1 Å². The number of fused-ring (bicyclic) bond motifs is 1. The lowest BCUT2D eigenvalue weighted by Gasteiger charge is -2.09. The smallest absolute Gasteiger partial charge is 0.265 e. The molecule has 8 nitrogen and oxygen atoms in total. The second-order valence-electron chi connectivity index (χ2n) is 7.90. The number of nitrogens with zero attached hydrogens (tertiary/aromatic N) is 4. The molecule has 10 heteroatoms. The third-order valence-corrected chi connectivity index (χ3v) is 7.50. The third-order valence-electron chi connectivity index (χ3n) is 5.48. The molecule has 0 aliphatic heterocycles. The van der Waals surface area contributed by atoms with Crippen molar-refractivity contribution in [1.82, 2.24) is 25.0 Å². The van der Waals surface area contributed by atoms with E-state index in [1.807, 2.05) is 72.2 Å². The molecule has 6 rings (SSSR count). The van der Waals surface area contributed by atoms with Gasteiger partial charge in [-0.05, 0) is 53.4 Å². The van der Waals surface area contributed by atoms with Gasteiger partial charge in [-0.25, -0.2) is 9.67 Å². The van der Waals surface area contributed by atoms with E-state index in [1.165, 1.54) is 11.3 Å². The first-order valence-corrected chi connectivity index (χ1v) is 12.5. The van der Waals surface area contributed by atoms with Gasteiger partial charge in [0.15, 0.2) is 0 Å². The van der Waals surface area contributed by atoms with Crippen molar-refractivity contribution >= 4 is 51.0 Å². The Balaban J connectivity index is 1.17. The van der Waals surface area contributed by atoms with E-state index in [0.717, 1.165) is 32.2 Å². The summed E-state index contributed by atoms with van der Waals surface area (Å²) in [7, 11) is 0. The summed E-state index contributed by atoms with van der Waals surface area (Å²) in [5, 5.41) is 13.5. The van der Waals surface area contributed by atoms with Crippen molar-refractivity contribution in [2.75, 3.05) is 11.1 Å². The number of aromatic amines is 1. The SMILES string of the molecule is Nc1ccc(-c2cccs2)cc1NC(=O)c1ccc(-c2cn(Cc3nc4ccccc4[nH]3)nn2)s1. The minimum atomic E-state index is -0.217. The predicted molar refractivity (Wildman–Crippen MR) is 141 cm³/mol.